The number of rotatable bonds is 4. The molecular formula is C17H13ClF3N3O3S. The fourth-order valence-electron chi connectivity index (χ4n) is 2.47. The Morgan fingerprint density at radius 3 is 2.43 bits per heavy atom. The SMILES string of the molecule is COc1ccc(-c2cc(C(F)(F)F)nn2-c2cc(S(C)(=O)=O)ccn2)cc1Cl. The van der Waals surface area contributed by atoms with Crippen molar-refractivity contribution in [2.24, 2.45) is 0 Å². The van der Waals surface area contributed by atoms with Crippen LogP contribution in [-0.4, -0.2) is 36.5 Å². The fraction of sp³-hybridized carbons (Fsp3) is 0.176. The maximum absolute atomic E-state index is 13.2. The van der Waals surface area contributed by atoms with E-state index in [2.05, 4.69) is 10.1 Å². The number of halogens is 4. The standard InChI is InChI=1S/C17H13ClF3N3O3S/c1-27-14-4-3-10(7-12(14)18)13-9-15(17(19,20)21)23-24(13)16-8-11(5-6-22-16)28(2,25)26/h3-9H,1-2H3. The molecule has 148 valence electrons. The highest BCUT2D eigenvalue weighted by Gasteiger charge is 2.35. The summed E-state index contributed by atoms with van der Waals surface area (Å²) in [6.45, 7) is 0. The lowest BCUT2D eigenvalue weighted by Gasteiger charge is -2.09. The van der Waals surface area contributed by atoms with E-state index in [-0.39, 0.29) is 21.4 Å². The van der Waals surface area contributed by atoms with Gasteiger partial charge in [-0.3, -0.25) is 0 Å². The van der Waals surface area contributed by atoms with E-state index in [0.29, 0.717) is 11.3 Å². The predicted molar refractivity (Wildman–Crippen MR) is 96.5 cm³/mol. The Morgan fingerprint density at radius 1 is 1.14 bits per heavy atom. The van der Waals surface area contributed by atoms with Crippen LogP contribution in [0.15, 0.2) is 47.5 Å². The minimum atomic E-state index is -4.70. The summed E-state index contributed by atoms with van der Waals surface area (Å²) in [7, 11) is -2.18. The number of methoxy groups -OCH3 is 1. The van der Waals surface area contributed by atoms with Gasteiger partial charge in [-0.2, -0.15) is 18.3 Å². The monoisotopic (exact) mass is 431 g/mol. The summed E-state index contributed by atoms with van der Waals surface area (Å²) in [5.41, 5.74) is -0.795. The zero-order valence-corrected chi connectivity index (χ0v) is 16.1. The summed E-state index contributed by atoms with van der Waals surface area (Å²) >= 11 is 6.09. The van der Waals surface area contributed by atoms with Crippen molar-refractivity contribution in [3.63, 3.8) is 0 Å². The average molecular weight is 432 g/mol. The van der Waals surface area contributed by atoms with Crippen molar-refractivity contribution in [3.8, 4) is 22.8 Å². The van der Waals surface area contributed by atoms with Crippen molar-refractivity contribution in [1.82, 2.24) is 14.8 Å². The van der Waals surface area contributed by atoms with Gasteiger partial charge < -0.3 is 4.74 Å². The quantitative estimate of drug-likeness (QED) is 0.623. The smallest absolute Gasteiger partial charge is 0.435 e. The average Bonchev–Trinajstić information content (AvgIpc) is 3.07. The number of hydrogen-bond donors (Lipinski definition) is 0. The zero-order valence-electron chi connectivity index (χ0n) is 14.5. The van der Waals surface area contributed by atoms with E-state index >= 15 is 0 Å². The van der Waals surface area contributed by atoms with Gasteiger partial charge >= 0.3 is 6.18 Å². The highest BCUT2D eigenvalue weighted by atomic mass is 35.5. The first-order valence-corrected chi connectivity index (χ1v) is 9.95. The van der Waals surface area contributed by atoms with E-state index in [1.807, 2.05) is 0 Å². The Kier molecular flexibility index (Phi) is 5.11. The van der Waals surface area contributed by atoms with Crippen molar-refractivity contribution in [2.75, 3.05) is 13.4 Å². The summed E-state index contributed by atoms with van der Waals surface area (Å²) in [5, 5.41) is 3.78. The number of aromatic nitrogens is 3. The highest BCUT2D eigenvalue weighted by molar-refractivity contribution is 7.90. The second kappa shape index (κ2) is 7.10. The van der Waals surface area contributed by atoms with Gasteiger partial charge in [0.15, 0.2) is 21.3 Å². The molecule has 0 radical (unpaired) electrons. The van der Waals surface area contributed by atoms with Crippen molar-refractivity contribution in [1.29, 1.82) is 0 Å². The largest absolute Gasteiger partial charge is 0.495 e. The molecule has 0 aliphatic rings. The van der Waals surface area contributed by atoms with E-state index in [0.717, 1.165) is 23.1 Å². The molecule has 2 aromatic heterocycles. The molecule has 0 amide bonds. The summed E-state index contributed by atoms with van der Waals surface area (Å²) in [4.78, 5) is 3.87. The molecule has 1 aromatic carbocycles. The van der Waals surface area contributed by atoms with Gasteiger partial charge in [-0.15, -0.1) is 0 Å². The fourth-order valence-corrected chi connectivity index (χ4v) is 3.36. The molecule has 0 aliphatic carbocycles. The highest BCUT2D eigenvalue weighted by Crippen LogP contribution is 2.35. The van der Waals surface area contributed by atoms with Crippen LogP contribution in [0.3, 0.4) is 0 Å². The van der Waals surface area contributed by atoms with Crippen molar-refractivity contribution in [3.05, 3.63) is 53.3 Å². The lowest BCUT2D eigenvalue weighted by Crippen LogP contribution is -2.09. The van der Waals surface area contributed by atoms with E-state index in [4.69, 9.17) is 16.3 Å². The van der Waals surface area contributed by atoms with Crippen LogP contribution in [0, 0.1) is 0 Å². The van der Waals surface area contributed by atoms with Crippen LogP contribution in [0.4, 0.5) is 13.2 Å². The Hall–Kier alpha value is -2.59. The molecule has 0 fully saturated rings. The number of benzene rings is 1. The molecule has 0 spiro atoms. The van der Waals surface area contributed by atoms with Crippen LogP contribution in [0.5, 0.6) is 5.75 Å². The number of alkyl halides is 3. The molecule has 11 heteroatoms. The number of hydrogen-bond acceptors (Lipinski definition) is 5. The first kappa shape index (κ1) is 20.2. The van der Waals surface area contributed by atoms with Gasteiger partial charge in [-0.25, -0.2) is 18.1 Å². The topological polar surface area (TPSA) is 74.1 Å². The van der Waals surface area contributed by atoms with Gasteiger partial charge in [-0.1, -0.05) is 11.6 Å². The van der Waals surface area contributed by atoms with Gasteiger partial charge in [0.05, 0.1) is 22.7 Å². The van der Waals surface area contributed by atoms with Crippen molar-refractivity contribution in [2.45, 2.75) is 11.1 Å². The molecular weight excluding hydrogens is 419 g/mol. The molecule has 0 atom stereocenters. The molecule has 0 N–H and O–H groups in total. The Balaban J connectivity index is 2.24. The minimum absolute atomic E-state index is 0.0371. The van der Waals surface area contributed by atoms with Gasteiger partial charge in [0.1, 0.15) is 5.75 Å². The number of nitrogens with zero attached hydrogens (tertiary/aromatic N) is 3. The molecule has 0 aliphatic heterocycles. The van der Waals surface area contributed by atoms with Gasteiger partial charge in [0.2, 0.25) is 0 Å². The minimum Gasteiger partial charge on any atom is -0.495 e. The summed E-state index contributed by atoms with van der Waals surface area (Å²) < 4.78 is 69.3. The molecule has 0 saturated heterocycles. The summed E-state index contributed by atoms with van der Waals surface area (Å²) in [6.07, 6.45) is -2.53. The number of sulfone groups is 1. The number of pyridine rings is 1. The van der Waals surface area contributed by atoms with Gasteiger partial charge in [0, 0.05) is 24.1 Å². The first-order valence-electron chi connectivity index (χ1n) is 7.68. The maximum atomic E-state index is 13.2. The first-order chi connectivity index (χ1) is 13.0. The number of ether oxygens (including phenoxy) is 1. The predicted octanol–water partition coefficient (Wildman–Crippen LogP) is 4.02. The zero-order chi connectivity index (χ0) is 20.7. The van der Waals surface area contributed by atoms with E-state index < -0.39 is 21.7 Å². The summed E-state index contributed by atoms with van der Waals surface area (Å²) in [5.74, 6) is 0.269. The molecule has 28 heavy (non-hydrogen) atoms. The van der Waals surface area contributed by atoms with E-state index in [9.17, 15) is 21.6 Å². The van der Waals surface area contributed by atoms with Gasteiger partial charge in [0.25, 0.3) is 0 Å². The lowest BCUT2D eigenvalue weighted by atomic mass is 10.1. The molecule has 2 heterocycles. The Morgan fingerprint density at radius 2 is 1.86 bits per heavy atom. The van der Waals surface area contributed by atoms with Crippen LogP contribution in [0.25, 0.3) is 17.1 Å². The van der Waals surface area contributed by atoms with E-state index in [1.54, 1.807) is 0 Å². The molecule has 6 nitrogen and oxygen atoms in total. The third-order valence-corrected chi connectivity index (χ3v) is 5.22. The maximum Gasteiger partial charge on any atom is 0.435 e. The second-order valence-electron chi connectivity index (χ2n) is 5.80. The van der Waals surface area contributed by atoms with Crippen LogP contribution in [0.1, 0.15) is 5.69 Å². The van der Waals surface area contributed by atoms with E-state index in [1.165, 1.54) is 37.6 Å². The Labute approximate surface area is 163 Å². The van der Waals surface area contributed by atoms with Crippen LogP contribution in [-0.2, 0) is 16.0 Å². The molecule has 3 rings (SSSR count). The Bertz CT molecular complexity index is 1140. The molecule has 0 saturated carbocycles. The summed E-state index contributed by atoms with van der Waals surface area (Å²) in [6, 6.07) is 7.68. The normalized spacial score (nSPS) is 12.2. The van der Waals surface area contributed by atoms with Crippen molar-refractivity contribution >= 4 is 21.4 Å². The second-order valence-corrected chi connectivity index (χ2v) is 8.22. The van der Waals surface area contributed by atoms with Crippen LogP contribution < -0.4 is 4.74 Å². The third-order valence-electron chi connectivity index (χ3n) is 3.81. The van der Waals surface area contributed by atoms with Crippen LogP contribution in [0.2, 0.25) is 5.02 Å². The molecule has 0 bridgehead atoms. The van der Waals surface area contributed by atoms with Crippen molar-refractivity contribution < 1.29 is 26.3 Å². The molecule has 3 aromatic rings. The van der Waals surface area contributed by atoms with Gasteiger partial charge in [-0.05, 0) is 30.3 Å². The molecule has 0 unspecified atom stereocenters. The lowest BCUT2D eigenvalue weighted by molar-refractivity contribution is -0.141. The third kappa shape index (κ3) is 3.97. The van der Waals surface area contributed by atoms with Crippen LogP contribution >= 0.6 is 11.6 Å².